The Kier molecular flexibility index (Phi) is 4.34. The number of fused-ring (bicyclic) bond motifs is 1. The Morgan fingerprint density at radius 3 is 2.44 bits per heavy atom. The van der Waals surface area contributed by atoms with Gasteiger partial charge < -0.3 is 4.90 Å². The molecule has 1 saturated heterocycles. The molecule has 1 fully saturated rings. The number of nitrogens with zero attached hydrogens (tertiary/aromatic N) is 6. The highest BCUT2D eigenvalue weighted by Gasteiger charge is 2.21. The summed E-state index contributed by atoms with van der Waals surface area (Å²) in [4.78, 5) is 16.6. The van der Waals surface area contributed by atoms with E-state index in [1.807, 2.05) is 36.9 Å². The fourth-order valence-electron chi connectivity index (χ4n) is 3.62. The van der Waals surface area contributed by atoms with Crippen molar-refractivity contribution in [3.05, 3.63) is 30.1 Å². The molecule has 0 spiro atoms. The predicted octanol–water partition coefficient (Wildman–Crippen LogP) is 3.50. The van der Waals surface area contributed by atoms with Gasteiger partial charge in [0, 0.05) is 26.3 Å². The van der Waals surface area contributed by atoms with Crippen molar-refractivity contribution >= 4 is 16.9 Å². The van der Waals surface area contributed by atoms with Crippen molar-refractivity contribution in [1.82, 2.24) is 24.7 Å². The molecular formula is C19H24N6. The molecule has 0 atom stereocenters. The second-order valence-electron chi connectivity index (χ2n) is 6.75. The maximum absolute atomic E-state index is 4.94. The smallest absolute Gasteiger partial charge is 0.182 e. The number of anilines is 1. The van der Waals surface area contributed by atoms with Crippen LogP contribution in [0.1, 0.15) is 37.8 Å². The molecule has 0 radical (unpaired) electrons. The lowest BCUT2D eigenvalue weighted by Crippen LogP contribution is -2.28. The molecule has 3 aromatic rings. The van der Waals surface area contributed by atoms with Crippen molar-refractivity contribution in [2.75, 3.05) is 18.0 Å². The maximum Gasteiger partial charge on any atom is 0.182 e. The van der Waals surface area contributed by atoms with Crippen molar-refractivity contribution in [2.24, 2.45) is 7.05 Å². The molecule has 0 aliphatic carbocycles. The topological polar surface area (TPSA) is 59.7 Å². The normalized spacial score (nSPS) is 16.0. The van der Waals surface area contributed by atoms with E-state index in [-0.39, 0.29) is 0 Å². The van der Waals surface area contributed by atoms with Gasteiger partial charge in [-0.25, -0.2) is 9.97 Å². The van der Waals surface area contributed by atoms with Gasteiger partial charge in [0.15, 0.2) is 11.5 Å². The third kappa shape index (κ3) is 3.08. The summed E-state index contributed by atoms with van der Waals surface area (Å²) in [6.45, 7) is 4.13. The Morgan fingerprint density at radius 2 is 1.72 bits per heavy atom. The number of aryl methyl sites for hydroxylation is 2. The van der Waals surface area contributed by atoms with Crippen molar-refractivity contribution in [3.63, 3.8) is 0 Å². The summed E-state index contributed by atoms with van der Waals surface area (Å²) in [6, 6.07) is 5.84. The van der Waals surface area contributed by atoms with Gasteiger partial charge in [-0.05, 0) is 31.9 Å². The third-order valence-corrected chi connectivity index (χ3v) is 4.89. The van der Waals surface area contributed by atoms with Crippen LogP contribution in [0.5, 0.6) is 0 Å². The Balaban J connectivity index is 1.88. The van der Waals surface area contributed by atoms with E-state index in [4.69, 9.17) is 9.97 Å². The molecule has 0 aromatic carbocycles. The van der Waals surface area contributed by atoms with E-state index in [2.05, 4.69) is 15.0 Å². The first kappa shape index (κ1) is 16.0. The lowest BCUT2D eigenvalue weighted by atomic mass is 10.1. The Morgan fingerprint density at radius 1 is 0.960 bits per heavy atom. The van der Waals surface area contributed by atoms with Gasteiger partial charge >= 0.3 is 0 Å². The zero-order chi connectivity index (χ0) is 17.2. The van der Waals surface area contributed by atoms with Gasteiger partial charge in [-0.3, -0.25) is 9.67 Å². The molecule has 6 heteroatoms. The van der Waals surface area contributed by atoms with E-state index in [9.17, 15) is 0 Å². The van der Waals surface area contributed by atoms with Crippen molar-refractivity contribution in [1.29, 1.82) is 0 Å². The second kappa shape index (κ2) is 6.78. The largest absolute Gasteiger partial charge is 0.356 e. The molecular weight excluding hydrogens is 312 g/mol. The summed E-state index contributed by atoms with van der Waals surface area (Å²) in [5, 5.41) is 5.66. The fraction of sp³-hybridized carbons (Fsp3) is 0.474. The average molecular weight is 336 g/mol. The highest BCUT2D eigenvalue weighted by molar-refractivity contribution is 5.91. The minimum absolute atomic E-state index is 0.674. The summed E-state index contributed by atoms with van der Waals surface area (Å²) in [6.07, 6.45) is 8.15. The van der Waals surface area contributed by atoms with Gasteiger partial charge in [0.25, 0.3) is 0 Å². The van der Waals surface area contributed by atoms with Crippen LogP contribution in [0.15, 0.2) is 24.4 Å². The van der Waals surface area contributed by atoms with Gasteiger partial charge in [0.2, 0.25) is 0 Å². The predicted molar refractivity (Wildman–Crippen MR) is 99.6 cm³/mol. The van der Waals surface area contributed by atoms with Crippen LogP contribution in [0.25, 0.3) is 22.6 Å². The molecule has 0 bridgehead atoms. The lowest BCUT2D eigenvalue weighted by molar-refractivity contribution is 0.554. The Labute approximate surface area is 147 Å². The first-order chi connectivity index (χ1) is 12.2. The van der Waals surface area contributed by atoms with Crippen LogP contribution in [0.2, 0.25) is 0 Å². The summed E-state index contributed by atoms with van der Waals surface area (Å²) in [5.41, 5.74) is 2.67. The van der Waals surface area contributed by atoms with E-state index >= 15 is 0 Å². The first-order valence-electron chi connectivity index (χ1n) is 9.12. The molecule has 0 unspecified atom stereocenters. The van der Waals surface area contributed by atoms with Crippen LogP contribution in [0.3, 0.4) is 0 Å². The van der Waals surface area contributed by atoms with Crippen LogP contribution in [-0.2, 0) is 7.05 Å². The van der Waals surface area contributed by atoms with Crippen LogP contribution in [0.4, 0.5) is 5.82 Å². The highest BCUT2D eigenvalue weighted by Crippen LogP contribution is 2.30. The highest BCUT2D eigenvalue weighted by atomic mass is 15.3. The zero-order valence-electron chi connectivity index (χ0n) is 14.9. The van der Waals surface area contributed by atoms with Gasteiger partial charge in [-0.2, -0.15) is 5.10 Å². The summed E-state index contributed by atoms with van der Waals surface area (Å²) in [7, 11) is 1.95. The van der Waals surface area contributed by atoms with Crippen LogP contribution < -0.4 is 4.90 Å². The first-order valence-corrected chi connectivity index (χ1v) is 9.12. The molecule has 25 heavy (non-hydrogen) atoms. The van der Waals surface area contributed by atoms with Crippen molar-refractivity contribution in [3.8, 4) is 11.5 Å². The average Bonchev–Trinajstić information content (AvgIpc) is 2.89. The fourth-order valence-corrected chi connectivity index (χ4v) is 3.62. The Hall–Kier alpha value is -2.50. The van der Waals surface area contributed by atoms with Gasteiger partial charge in [0.1, 0.15) is 11.5 Å². The maximum atomic E-state index is 4.94. The van der Waals surface area contributed by atoms with E-state index in [1.165, 1.54) is 32.1 Å². The van der Waals surface area contributed by atoms with E-state index < -0.39 is 0 Å². The minimum atomic E-state index is 0.674. The van der Waals surface area contributed by atoms with Gasteiger partial charge in [0.05, 0.1) is 11.1 Å². The van der Waals surface area contributed by atoms with Gasteiger partial charge in [-0.1, -0.05) is 25.3 Å². The summed E-state index contributed by atoms with van der Waals surface area (Å²) < 4.78 is 1.85. The molecule has 1 aliphatic heterocycles. The number of pyridine rings is 1. The van der Waals surface area contributed by atoms with Crippen LogP contribution in [0, 0.1) is 6.92 Å². The lowest BCUT2D eigenvalue weighted by Gasteiger charge is -2.26. The second-order valence-corrected chi connectivity index (χ2v) is 6.75. The van der Waals surface area contributed by atoms with E-state index in [0.29, 0.717) is 5.82 Å². The Bertz CT molecular complexity index is 863. The summed E-state index contributed by atoms with van der Waals surface area (Å²) in [5.74, 6) is 1.69. The minimum Gasteiger partial charge on any atom is -0.356 e. The molecule has 0 amide bonds. The molecule has 3 aromatic heterocycles. The monoisotopic (exact) mass is 336 g/mol. The molecule has 1 aliphatic rings. The van der Waals surface area contributed by atoms with Crippen LogP contribution >= 0.6 is 0 Å². The summed E-state index contributed by atoms with van der Waals surface area (Å²) >= 11 is 0. The van der Waals surface area contributed by atoms with Crippen LogP contribution in [-0.4, -0.2) is 37.8 Å². The number of aromatic nitrogens is 5. The number of rotatable bonds is 2. The van der Waals surface area contributed by atoms with Crippen molar-refractivity contribution < 1.29 is 0 Å². The van der Waals surface area contributed by atoms with Crippen molar-refractivity contribution in [2.45, 2.75) is 39.0 Å². The van der Waals surface area contributed by atoms with E-state index in [0.717, 1.165) is 41.3 Å². The molecule has 4 heterocycles. The quantitative estimate of drug-likeness (QED) is 0.717. The van der Waals surface area contributed by atoms with E-state index in [1.54, 1.807) is 6.20 Å². The molecule has 130 valence electrons. The molecule has 6 nitrogen and oxygen atoms in total. The number of hydrogen-bond acceptors (Lipinski definition) is 5. The molecule has 0 N–H and O–H groups in total. The SMILES string of the molecule is Cc1nn(C)c2nc(-c3ccccn3)nc(N3CCCCCCC3)c12. The third-order valence-electron chi connectivity index (χ3n) is 4.89. The van der Waals surface area contributed by atoms with Gasteiger partial charge in [-0.15, -0.1) is 0 Å². The zero-order valence-corrected chi connectivity index (χ0v) is 14.9. The molecule has 0 saturated carbocycles. The number of hydrogen-bond donors (Lipinski definition) is 0. The standard InChI is InChI=1S/C19H24N6/c1-14-16-18(24(2)23-14)21-17(15-10-6-7-11-20-15)22-19(16)25-12-8-4-3-5-9-13-25/h6-7,10-11H,3-5,8-9,12-13H2,1-2H3. The molecule has 4 rings (SSSR count).